The van der Waals surface area contributed by atoms with Crippen LogP contribution in [0.5, 0.6) is 0 Å². The number of allylic oxidation sites excluding steroid dienone is 1. The molecule has 0 aliphatic rings. The van der Waals surface area contributed by atoms with Crippen molar-refractivity contribution in [1.29, 1.82) is 0 Å². The molecule has 0 radical (unpaired) electrons. The topological polar surface area (TPSA) is 54.4 Å². The first kappa shape index (κ1) is 17.0. The van der Waals surface area contributed by atoms with Gasteiger partial charge in [0.2, 0.25) is 0 Å². The van der Waals surface area contributed by atoms with Crippen LogP contribution in [0, 0.1) is 0 Å². The van der Waals surface area contributed by atoms with E-state index >= 15 is 0 Å². The van der Waals surface area contributed by atoms with E-state index in [1.165, 1.54) is 0 Å². The first-order valence-corrected chi connectivity index (χ1v) is 7.98. The molecule has 22 heavy (non-hydrogen) atoms. The predicted molar refractivity (Wildman–Crippen MR) is 93.1 cm³/mol. The quantitative estimate of drug-likeness (QED) is 0.345. The van der Waals surface area contributed by atoms with Crippen LogP contribution in [0.25, 0.3) is 21.5 Å². The first-order valence-electron chi connectivity index (χ1n) is 6.54. The summed E-state index contributed by atoms with van der Waals surface area (Å²) in [6.07, 6.45) is 2.01. The third-order valence-electron chi connectivity index (χ3n) is 3.58. The van der Waals surface area contributed by atoms with Crippen LogP contribution in [0.15, 0.2) is 66.1 Å². The zero-order valence-corrected chi connectivity index (χ0v) is 14.2. The molecule has 0 aliphatic heterocycles. The molecular formula is C17H16MgO3S. The van der Waals surface area contributed by atoms with Crippen molar-refractivity contribution in [2.75, 3.05) is 0 Å². The Balaban J connectivity index is 0.00000176. The molecule has 0 saturated heterocycles. The average molecular weight is 325 g/mol. The molecule has 0 heterocycles. The minimum Gasteiger partial charge on any atom is -1.00 e. The Bertz CT molecular complexity index is 972. The maximum absolute atomic E-state index is 11.8. The predicted octanol–water partition coefficient (Wildman–Crippen LogP) is 3.81. The average Bonchev–Trinajstić information content (AvgIpc) is 2.45. The number of hydrogen-bond donors (Lipinski definition) is 1. The molecule has 0 atom stereocenters. The Morgan fingerprint density at radius 2 is 1.68 bits per heavy atom. The molecule has 110 valence electrons. The van der Waals surface area contributed by atoms with Crippen LogP contribution in [0.2, 0.25) is 0 Å². The van der Waals surface area contributed by atoms with Crippen molar-refractivity contribution in [3.63, 3.8) is 0 Å². The molecule has 0 unspecified atom stereocenters. The molecule has 3 aromatic carbocycles. The maximum Gasteiger partial charge on any atom is 2.00 e. The minimum absolute atomic E-state index is 0. The fourth-order valence-corrected chi connectivity index (χ4v) is 3.67. The summed E-state index contributed by atoms with van der Waals surface area (Å²) in [6.45, 7) is 3.63. The van der Waals surface area contributed by atoms with Crippen molar-refractivity contribution < 1.29 is 15.8 Å². The number of hydrogen-bond acceptors (Lipinski definition) is 2. The molecule has 0 saturated carbocycles. The second kappa shape index (κ2) is 6.38. The van der Waals surface area contributed by atoms with Gasteiger partial charge in [0.25, 0.3) is 10.1 Å². The maximum atomic E-state index is 11.8. The zero-order chi connectivity index (χ0) is 15.0. The number of fused-ring (bicyclic) bond motifs is 3. The van der Waals surface area contributed by atoms with Crippen LogP contribution in [0.4, 0.5) is 0 Å². The van der Waals surface area contributed by atoms with Gasteiger partial charge in [0.15, 0.2) is 0 Å². The molecule has 0 aromatic heterocycles. The largest absolute Gasteiger partial charge is 2.00 e. The molecule has 0 spiro atoms. The summed E-state index contributed by atoms with van der Waals surface area (Å²) in [5, 5.41) is 3.34. The zero-order valence-electron chi connectivity index (χ0n) is 14.0. The van der Waals surface area contributed by atoms with Crippen molar-refractivity contribution in [1.82, 2.24) is 0 Å². The summed E-state index contributed by atoms with van der Waals surface area (Å²) in [4.78, 5) is -0.0225. The fourth-order valence-electron chi connectivity index (χ4n) is 2.73. The van der Waals surface area contributed by atoms with Crippen LogP contribution in [-0.4, -0.2) is 36.0 Å². The molecule has 0 aliphatic carbocycles. The van der Waals surface area contributed by atoms with Gasteiger partial charge in [0, 0.05) is 5.39 Å². The molecule has 3 nitrogen and oxygen atoms in total. The molecular weight excluding hydrogens is 309 g/mol. The standard InChI is InChI=1S/C17H14O3S.Mg.2H/c1-2-5-13-9-10-15-14-7-4-3-6-12(14)8-11-16(15)17(13)21(18,19)20;;;/h2-4,6-11H,1,5H2,(H,18,19,20);;;/q;+2;2*-1. The van der Waals surface area contributed by atoms with E-state index in [-0.39, 0.29) is 30.8 Å². The van der Waals surface area contributed by atoms with Gasteiger partial charge in [-0.25, -0.2) is 0 Å². The Labute approximate surface area is 148 Å². The molecule has 3 aromatic rings. The van der Waals surface area contributed by atoms with Crippen molar-refractivity contribution in [2.45, 2.75) is 11.3 Å². The van der Waals surface area contributed by atoms with E-state index < -0.39 is 10.1 Å². The third kappa shape index (κ3) is 2.90. The summed E-state index contributed by atoms with van der Waals surface area (Å²) in [7, 11) is -4.30. The molecule has 0 fully saturated rings. The second-order valence-electron chi connectivity index (χ2n) is 4.90. The van der Waals surface area contributed by atoms with Gasteiger partial charge < -0.3 is 2.85 Å². The van der Waals surface area contributed by atoms with Crippen LogP contribution < -0.4 is 0 Å². The minimum atomic E-state index is -4.30. The van der Waals surface area contributed by atoms with E-state index in [0.717, 1.165) is 16.2 Å². The summed E-state index contributed by atoms with van der Waals surface area (Å²) in [6, 6.07) is 15.0. The Hall–Kier alpha value is -1.40. The van der Waals surface area contributed by atoms with Crippen molar-refractivity contribution >= 4 is 54.7 Å². The van der Waals surface area contributed by atoms with Crippen molar-refractivity contribution in [3.8, 4) is 0 Å². The Morgan fingerprint density at radius 1 is 1.00 bits per heavy atom. The number of benzene rings is 3. The van der Waals surface area contributed by atoms with Gasteiger partial charge >= 0.3 is 23.1 Å². The number of rotatable bonds is 3. The van der Waals surface area contributed by atoms with E-state index in [9.17, 15) is 13.0 Å². The Kier molecular flexibility index (Phi) is 4.92. The Morgan fingerprint density at radius 3 is 2.36 bits per heavy atom. The summed E-state index contributed by atoms with van der Waals surface area (Å²) in [5.41, 5.74) is 0.551. The molecule has 1 N–H and O–H groups in total. The van der Waals surface area contributed by atoms with Crippen LogP contribution in [-0.2, 0) is 16.5 Å². The first-order chi connectivity index (χ1) is 10.0. The van der Waals surface area contributed by atoms with Gasteiger partial charge in [0.05, 0.1) is 0 Å². The van der Waals surface area contributed by atoms with E-state index in [2.05, 4.69) is 6.58 Å². The van der Waals surface area contributed by atoms with Gasteiger partial charge in [-0.1, -0.05) is 54.6 Å². The summed E-state index contributed by atoms with van der Waals surface area (Å²) < 4.78 is 33.2. The monoisotopic (exact) mass is 324 g/mol. The summed E-state index contributed by atoms with van der Waals surface area (Å²) in [5.74, 6) is 0. The van der Waals surface area contributed by atoms with E-state index in [4.69, 9.17) is 0 Å². The summed E-state index contributed by atoms with van der Waals surface area (Å²) >= 11 is 0. The van der Waals surface area contributed by atoms with E-state index in [1.54, 1.807) is 18.2 Å². The fraction of sp³-hybridized carbons (Fsp3) is 0.0588. The van der Waals surface area contributed by atoms with Gasteiger partial charge in [-0.05, 0) is 28.1 Å². The van der Waals surface area contributed by atoms with Crippen LogP contribution in [0.1, 0.15) is 8.42 Å². The molecule has 5 heteroatoms. The van der Waals surface area contributed by atoms with Gasteiger partial charge in [-0.15, -0.1) is 6.58 Å². The smallest absolute Gasteiger partial charge is 1.00 e. The van der Waals surface area contributed by atoms with Crippen LogP contribution in [0.3, 0.4) is 0 Å². The van der Waals surface area contributed by atoms with Gasteiger partial charge in [-0.2, -0.15) is 8.42 Å². The molecule has 3 rings (SSSR count). The van der Waals surface area contributed by atoms with Crippen molar-refractivity contribution in [3.05, 3.63) is 66.7 Å². The second-order valence-corrected chi connectivity index (χ2v) is 6.26. The SMILES string of the molecule is C=CCc1ccc2c(ccc3ccccc32)c1S(=O)(=O)O.[H-].[H-].[Mg+2]. The van der Waals surface area contributed by atoms with Crippen LogP contribution >= 0.6 is 0 Å². The van der Waals surface area contributed by atoms with Gasteiger partial charge in [0.1, 0.15) is 4.90 Å². The van der Waals surface area contributed by atoms with E-state index in [1.807, 2.05) is 36.4 Å². The third-order valence-corrected chi connectivity index (χ3v) is 4.58. The van der Waals surface area contributed by atoms with Gasteiger partial charge in [-0.3, -0.25) is 4.55 Å². The normalized spacial score (nSPS) is 11.3. The molecule has 0 bridgehead atoms. The van der Waals surface area contributed by atoms with E-state index in [0.29, 0.717) is 17.4 Å². The molecule has 0 amide bonds. The van der Waals surface area contributed by atoms with Crippen molar-refractivity contribution in [2.24, 2.45) is 0 Å².